The van der Waals surface area contributed by atoms with Crippen LogP contribution in [0.2, 0.25) is 0 Å². The minimum absolute atomic E-state index is 0. The first-order chi connectivity index (χ1) is 9.83. The third-order valence-corrected chi connectivity index (χ3v) is 3.33. The van der Waals surface area contributed by atoms with Crippen LogP contribution in [0.4, 0.5) is 0 Å². The molecular weight excluding hydrogens is 361 g/mol. The van der Waals surface area contributed by atoms with E-state index >= 15 is 0 Å². The first-order valence-corrected chi connectivity index (χ1v) is 6.80. The Hall–Kier alpha value is -1.25. The predicted octanol–water partition coefficient (Wildman–Crippen LogP) is -0.931. The Morgan fingerprint density at radius 3 is 2.00 bits per heavy atom. The molecule has 0 unspecified atom stereocenters. The number of benzene rings is 1. The van der Waals surface area contributed by atoms with Gasteiger partial charge in [-0.1, -0.05) is 13.0 Å². The summed E-state index contributed by atoms with van der Waals surface area (Å²) < 4.78 is 2.12. The molecule has 0 fully saturated rings. The molecular formula is C19H17Cl2NTi. The van der Waals surface area contributed by atoms with Gasteiger partial charge in [0.1, 0.15) is 0 Å². The largest absolute Gasteiger partial charge is 4.00 e. The Bertz CT molecular complexity index is 738. The van der Waals surface area contributed by atoms with E-state index in [1.807, 2.05) is 24.3 Å². The van der Waals surface area contributed by atoms with Crippen molar-refractivity contribution >= 4 is 10.8 Å². The van der Waals surface area contributed by atoms with Gasteiger partial charge >= 0.3 is 21.7 Å². The minimum atomic E-state index is 0. The first-order valence-electron chi connectivity index (χ1n) is 6.80. The summed E-state index contributed by atoms with van der Waals surface area (Å²) in [5, 5.41) is 2.60. The smallest absolute Gasteiger partial charge is 1.00 e. The van der Waals surface area contributed by atoms with E-state index in [0.717, 1.165) is 0 Å². The summed E-state index contributed by atoms with van der Waals surface area (Å²) in [6.07, 6.45) is 4.13. The molecule has 0 aliphatic heterocycles. The normalized spacial score (nSPS) is 8.91. The molecule has 0 N–H and O–H groups in total. The molecule has 0 radical (unpaired) electrons. The average molecular weight is 378 g/mol. The molecule has 3 aromatic carbocycles. The van der Waals surface area contributed by atoms with Crippen molar-refractivity contribution in [2.24, 2.45) is 0 Å². The van der Waals surface area contributed by atoms with Crippen molar-refractivity contribution in [3.05, 3.63) is 90.8 Å². The molecule has 1 nitrogen and oxygen atoms in total. The van der Waals surface area contributed by atoms with E-state index < -0.39 is 0 Å². The van der Waals surface area contributed by atoms with Crippen molar-refractivity contribution in [2.75, 3.05) is 0 Å². The van der Waals surface area contributed by atoms with Crippen molar-refractivity contribution in [2.45, 2.75) is 6.92 Å². The minimum Gasteiger partial charge on any atom is -1.00 e. The fraction of sp³-hybridized carbons (Fsp3) is 0.0526. The SMILES string of the molecule is C[c-]1cccc1.[Cl-].[Cl-].[Ti+4].c1ccc2[cH-]c(-n3cccc3)cc2c1. The molecule has 0 saturated carbocycles. The molecule has 0 saturated heterocycles. The van der Waals surface area contributed by atoms with Gasteiger partial charge in [0.25, 0.3) is 0 Å². The van der Waals surface area contributed by atoms with Gasteiger partial charge in [-0.25, -0.2) is 12.1 Å². The van der Waals surface area contributed by atoms with E-state index in [-0.39, 0.29) is 46.5 Å². The summed E-state index contributed by atoms with van der Waals surface area (Å²) in [6.45, 7) is 2.08. The molecule has 0 bridgehead atoms. The molecule has 0 atom stereocenters. The number of nitrogens with zero attached hydrogens (tertiary/aromatic N) is 1. The molecule has 1 aromatic heterocycles. The number of hydrogen-bond donors (Lipinski definition) is 0. The average Bonchev–Trinajstić information content (AvgIpc) is 3.20. The van der Waals surface area contributed by atoms with Gasteiger partial charge in [0.15, 0.2) is 0 Å². The number of hydrogen-bond acceptors (Lipinski definition) is 0. The standard InChI is InChI=1S/C13H10N.C6H7.2ClH.Ti/c1-2-6-12-10-13(9-11(12)5-1)14-7-3-4-8-14;1-6-4-2-3-5-6;;;/h1-10H;2-5H,1H3;2*1H;/q2*-1;;;+4/p-2. The van der Waals surface area contributed by atoms with Gasteiger partial charge in [-0.3, -0.25) is 0 Å². The van der Waals surface area contributed by atoms with Crippen molar-refractivity contribution < 1.29 is 46.5 Å². The predicted molar refractivity (Wildman–Crippen MR) is 85.6 cm³/mol. The number of fused-ring (bicyclic) bond motifs is 1. The monoisotopic (exact) mass is 377 g/mol. The molecule has 4 rings (SSSR count). The van der Waals surface area contributed by atoms with Crippen LogP contribution in [0.15, 0.2) is 85.2 Å². The Morgan fingerprint density at radius 2 is 1.48 bits per heavy atom. The van der Waals surface area contributed by atoms with Crippen LogP contribution in [0.3, 0.4) is 0 Å². The number of aryl methyl sites for hydroxylation is 1. The van der Waals surface area contributed by atoms with Gasteiger partial charge in [0.05, 0.1) is 0 Å². The second-order valence-electron chi connectivity index (χ2n) is 4.90. The fourth-order valence-electron chi connectivity index (χ4n) is 2.26. The van der Waals surface area contributed by atoms with Gasteiger partial charge in [-0.15, -0.1) is 41.1 Å². The van der Waals surface area contributed by atoms with E-state index in [1.54, 1.807) is 0 Å². The van der Waals surface area contributed by atoms with Gasteiger partial charge in [0, 0.05) is 12.4 Å². The third-order valence-electron chi connectivity index (χ3n) is 3.33. The molecule has 0 aliphatic rings. The zero-order valence-corrected chi connectivity index (χ0v) is 15.9. The second-order valence-corrected chi connectivity index (χ2v) is 4.90. The van der Waals surface area contributed by atoms with E-state index in [4.69, 9.17) is 0 Å². The Labute approximate surface area is 164 Å². The quantitative estimate of drug-likeness (QED) is 0.298. The summed E-state index contributed by atoms with van der Waals surface area (Å²) in [6, 6.07) is 25.2. The zero-order valence-electron chi connectivity index (χ0n) is 12.8. The summed E-state index contributed by atoms with van der Waals surface area (Å²) in [4.78, 5) is 0. The molecule has 0 amide bonds. The van der Waals surface area contributed by atoms with Crippen molar-refractivity contribution in [3.8, 4) is 5.69 Å². The van der Waals surface area contributed by atoms with E-state index in [0.29, 0.717) is 0 Å². The van der Waals surface area contributed by atoms with Gasteiger partial charge in [-0.2, -0.15) is 17.7 Å². The van der Waals surface area contributed by atoms with Crippen LogP contribution in [0.1, 0.15) is 5.56 Å². The van der Waals surface area contributed by atoms with E-state index in [9.17, 15) is 0 Å². The van der Waals surface area contributed by atoms with Crippen molar-refractivity contribution in [1.82, 2.24) is 4.57 Å². The van der Waals surface area contributed by atoms with Crippen LogP contribution < -0.4 is 24.8 Å². The maximum absolute atomic E-state index is 2.20. The zero-order chi connectivity index (χ0) is 13.8. The topological polar surface area (TPSA) is 4.93 Å². The Balaban J connectivity index is 0.000000469. The van der Waals surface area contributed by atoms with E-state index in [1.165, 1.54) is 22.0 Å². The summed E-state index contributed by atoms with van der Waals surface area (Å²) in [7, 11) is 0. The van der Waals surface area contributed by atoms with Crippen LogP contribution in [-0.2, 0) is 21.7 Å². The first kappa shape index (κ1) is 21.8. The molecule has 116 valence electrons. The molecule has 4 aromatic rings. The molecule has 0 spiro atoms. The Morgan fingerprint density at radius 1 is 0.870 bits per heavy atom. The van der Waals surface area contributed by atoms with Crippen LogP contribution in [-0.4, -0.2) is 4.57 Å². The molecule has 1 heterocycles. The maximum Gasteiger partial charge on any atom is 4.00 e. The summed E-state index contributed by atoms with van der Waals surface area (Å²) in [5.41, 5.74) is 2.58. The van der Waals surface area contributed by atoms with Gasteiger partial charge < -0.3 is 29.4 Å². The molecule has 23 heavy (non-hydrogen) atoms. The number of aromatic nitrogens is 1. The van der Waals surface area contributed by atoms with Crippen LogP contribution in [0.25, 0.3) is 16.5 Å². The molecule has 0 aliphatic carbocycles. The third kappa shape index (κ3) is 5.71. The second kappa shape index (κ2) is 10.5. The fourth-order valence-corrected chi connectivity index (χ4v) is 2.26. The number of rotatable bonds is 1. The van der Waals surface area contributed by atoms with Crippen molar-refractivity contribution in [3.63, 3.8) is 0 Å². The number of halogens is 2. The van der Waals surface area contributed by atoms with E-state index in [2.05, 4.69) is 72.4 Å². The van der Waals surface area contributed by atoms with Crippen LogP contribution in [0.5, 0.6) is 0 Å². The maximum atomic E-state index is 2.20. The summed E-state index contributed by atoms with van der Waals surface area (Å²) in [5.74, 6) is 0. The Kier molecular flexibility index (Phi) is 9.94. The van der Waals surface area contributed by atoms with Gasteiger partial charge in [-0.05, 0) is 17.8 Å². The molecule has 4 heteroatoms. The van der Waals surface area contributed by atoms with Crippen LogP contribution in [0, 0.1) is 6.92 Å². The summed E-state index contributed by atoms with van der Waals surface area (Å²) >= 11 is 0. The van der Waals surface area contributed by atoms with Crippen LogP contribution >= 0.6 is 0 Å². The van der Waals surface area contributed by atoms with Crippen molar-refractivity contribution in [1.29, 1.82) is 0 Å². The van der Waals surface area contributed by atoms with Gasteiger partial charge in [0.2, 0.25) is 0 Å².